The molecule has 1 aromatic heterocycles. The van der Waals surface area contributed by atoms with Gasteiger partial charge >= 0.3 is 0 Å². The molecular formula is C12H15BrN4O. The number of carbonyl (C=O) groups excluding carboxylic acids is 1. The van der Waals surface area contributed by atoms with Crippen molar-refractivity contribution in [1.29, 1.82) is 0 Å². The first-order valence-electron chi connectivity index (χ1n) is 6.04. The van der Waals surface area contributed by atoms with E-state index in [1.807, 2.05) is 6.92 Å². The normalized spacial score (nSPS) is 33.1. The van der Waals surface area contributed by atoms with E-state index in [4.69, 9.17) is 0 Å². The molecule has 0 bridgehead atoms. The van der Waals surface area contributed by atoms with Crippen molar-refractivity contribution in [3.05, 3.63) is 16.5 Å². The number of anilines is 1. The smallest absolute Gasteiger partial charge is 0.242 e. The molecule has 3 atom stereocenters. The lowest BCUT2D eigenvalue weighted by Crippen LogP contribution is -2.38. The summed E-state index contributed by atoms with van der Waals surface area (Å²) < 4.78 is 0.662. The van der Waals surface area contributed by atoms with Crippen molar-refractivity contribution in [2.45, 2.75) is 38.8 Å². The summed E-state index contributed by atoms with van der Waals surface area (Å²) in [7, 11) is 0. The summed E-state index contributed by atoms with van der Waals surface area (Å²) in [6.45, 7) is 4.08. The fourth-order valence-corrected chi connectivity index (χ4v) is 2.82. The molecule has 1 saturated heterocycles. The molecule has 1 aliphatic carbocycles. The first-order chi connectivity index (χ1) is 8.48. The van der Waals surface area contributed by atoms with Gasteiger partial charge in [-0.1, -0.05) is 6.92 Å². The molecule has 3 unspecified atom stereocenters. The molecular weight excluding hydrogens is 296 g/mol. The number of rotatable bonds is 2. The Hall–Kier alpha value is -1.01. The lowest BCUT2D eigenvalue weighted by Gasteiger charge is -2.14. The lowest BCUT2D eigenvalue weighted by molar-refractivity contribution is -0.118. The number of aromatic nitrogens is 2. The summed E-state index contributed by atoms with van der Waals surface area (Å²) in [6.07, 6.45) is 3.67. The zero-order valence-corrected chi connectivity index (χ0v) is 11.9. The zero-order valence-electron chi connectivity index (χ0n) is 10.3. The van der Waals surface area contributed by atoms with Gasteiger partial charge in [0, 0.05) is 6.04 Å². The number of hydrogen-bond donors (Lipinski definition) is 2. The van der Waals surface area contributed by atoms with Crippen molar-refractivity contribution in [3.8, 4) is 0 Å². The van der Waals surface area contributed by atoms with E-state index in [0.717, 1.165) is 12.1 Å². The van der Waals surface area contributed by atoms with E-state index in [9.17, 15) is 4.79 Å². The van der Waals surface area contributed by atoms with Crippen molar-refractivity contribution in [2.24, 2.45) is 5.41 Å². The number of amides is 1. The van der Waals surface area contributed by atoms with Gasteiger partial charge in [-0.2, -0.15) is 0 Å². The first-order valence-corrected chi connectivity index (χ1v) is 6.83. The second-order valence-corrected chi connectivity index (χ2v) is 6.21. The van der Waals surface area contributed by atoms with Crippen LogP contribution in [0.1, 0.15) is 25.5 Å². The van der Waals surface area contributed by atoms with Crippen molar-refractivity contribution >= 4 is 27.7 Å². The number of piperidine rings is 1. The third-order valence-corrected chi connectivity index (χ3v) is 4.64. The second-order valence-electron chi connectivity index (χ2n) is 5.45. The van der Waals surface area contributed by atoms with Crippen LogP contribution in [0.25, 0.3) is 0 Å². The Morgan fingerprint density at radius 3 is 3.00 bits per heavy atom. The Labute approximate surface area is 114 Å². The number of nitrogens with one attached hydrogen (secondary N) is 2. The number of fused-ring (bicyclic) bond motifs is 1. The molecule has 3 rings (SSSR count). The van der Waals surface area contributed by atoms with Crippen molar-refractivity contribution in [2.75, 3.05) is 5.32 Å². The molecule has 1 amide bonds. The summed E-state index contributed by atoms with van der Waals surface area (Å²) in [5.41, 5.74) is 1.14. The minimum Gasteiger partial charge on any atom is -0.308 e. The second kappa shape index (κ2) is 3.99. The molecule has 2 aliphatic rings. The molecule has 1 saturated carbocycles. The maximum Gasteiger partial charge on any atom is 0.242 e. The highest BCUT2D eigenvalue weighted by atomic mass is 79.9. The summed E-state index contributed by atoms with van der Waals surface area (Å²) in [5, 5.41) is 6.15. The fraction of sp³-hybridized carbons (Fsp3) is 0.583. The average molecular weight is 311 g/mol. The Morgan fingerprint density at radius 1 is 1.61 bits per heavy atom. The van der Waals surface area contributed by atoms with Crippen LogP contribution in [0, 0.1) is 12.3 Å². The van der Waals surface area contributed by atoms with E-state index in [0.29, 0.717) is 21.9 Å². The predicted octanol–water partition coefficient (Wildman–Crippen LogP) is 1.63. The number of halogens is 1. The minimum atomic E-state index is -0.101. The number of carbonyl (C=O) groups is 1. The minimum absolute atomic E-state index is 0.0199. The summed E-state index contributed by atoms with van der Waals surface area (Å²) >= 11 is 3.30. The van der Waals surface area contributed by atoms with Gasteiger partial charge in [0.05, 0.1) is 17.9 Å². The Balaban J connectivity index is 1.66. The summed E-state index contributed by atoms with van der Waals surface area (Å²) in [6, 6.07) is 0.416. The van der Waals surface area contributed by atoms with E-state index in [2.05, 4.69) is 43.5 Å². The third kappa shape index (κ3) is 2.03. The van der Waals surface area contributed by atoms with Crippen LogP contribution >= 0.6 is 15.9 Å². The van der Waals surface area contributed by atoms with Gasteiger partial charge in [-0.05, 0) is 41.1 Å². The van der Waals surface area contributed by atoms with Crippen LogP contribution in [0.4, 0.5) is 5.82 Å². The predicted molar refractivity (Wildman–Crippen MR) is 71.2 cm³/mol. The first kappa shape index (κ1) is 12.0. The van der Waals surface area contributed by atoms with E-state index >= 15 is 0 Å². The number of hydrogen-bond acceptors (Lipinski definition) is 4. The molecule has 1 aromatic rings. The van der Waals surface area contributed by atoms with Crippen LogP contribution in [0.2, 0.25) is 0 Å². The highest BCUT2D eigenvalue weighted by molar-refractivity contribution is 9.10. The van der Waals surface area contributed by atoms with Crippen LogP contribution in [0.3, 0.4) is 0 Å². The monoisotopic (exact) mass is 310 g/mol. The highest BCUT2D eigenvalue weighted by Crippen LogP contribution is 2.53. The molecule has 2 heterocycles. The molecule has 5 nitrogen and oxygen atoms in total. The van der Waals surface area contributed by atoms with Crippen LogP contribution in [-0.2, 0) is 4.79 Å². The topological polar surface area (TPSA) is 66.9 Å². The van der Waals surface area contributed by atoms with Gasteiger partial charge in [0.25, 0.3) is 0 Å². The molecule has 1 aliphatic heterocycles. The zero-order chi connectivity index (χ0) is 12.9. The van der Waals surface area contributed by atoms with Crippen LogP contribution in [0.5, 0.6) is 0 Å². The van der Waals surface area contributed by atoms with Crippen molar-refractivity contribution in [3.63, 3.8) is 0 Å². The molecule has 96 valence electrons. The summed E-state index contributed by atoms with van der Waals surface area (Å²) in [5.74, 6) is 0.471. The quantitative estimate of drug-likeness (QED) is 0.871. The van der Waals surface area contributed by atoms with E-state index in [1.165, 1.54) is 6.42 Å². The number of nitrogens with zero attached hydrogens (tertiary/aromatic N) is 2. The largest absolute Gasteiger partial charge is 0.308 e. The van der Waals surface area contributed by atoms with Gasteiger partial charge in [-0.15, -0.1) is 0 Å². The molecule has 0 spiro atoms. The highest BCUT2D eigenvalue weighted by Gasteiger charge is 2.58. The SMILES string of the molecule is Cc1ncc(NC(=O)C2CC3(C)CC3N2)nc1Br. The maximum atomic E-state index is 12.1. The van der Waals surface area contributed by atoms with Crippen LogP contribution in [0.15, 0.2) is 10.8 Å². The lowest BCUT2D eigenvalue weighted by atomic mass is 10.0. The van der Waals surface area contributed by atoms with E-state index in [-0.39, 0.29) is 11.9 Å². The maximum absolute atomic E-state index is 12.1. The fourth-order valence-electron chi connectivity index (χ4n) is 2.53. The van der Waals surface area contributed by atoms with Gasteiger partial charge in [-0.25, -0.2) is 4.98 Å². The molecule has 0 aromatic carbocycles. The van der Waals surface area contributed by atoms with Gasteiger partial charge < -0.3 is 10.6 Å². The Bertz CT molecular complexity index is 521. The van der Waals surface area contributed by atoms with Crippen molar-refractivity contribution < 1.29 is 4.79 Å². The van der Waals surface area contributed by atoms with Gasteiger partial charge in [0.2, 0.25) is 5.91 Å². The van der Waals surface area contributed by atoms with Crippen molar-refractivity contribution in [1.82, 2.24) is 15.3 Å². The third-order valence-electron chi connectivity index (χ3n) is 3.89. The molecule has 0 radical (unpaired) electrons. The number of aryl methyl sites for hydroxylation is 1. The van der Waals surface area contributed by atoms with E-state index < -0.39 is 0 Å². The Morgan fingerprint density at radius 2 is 2.39 bits per heavy atom. The molecule has 2 N–H and O–H groups in total. The molecule has 18 heavy (non-hydrogen) atoms. The Kier molecular flexibility index (Phi) is 2.67. The molecule has 2 fully saturated rings. The van der Waals surface area contributed by atoms with Crippen LogP contribution < -0.4 is 10.6 Å². The van der Waals surface area contributed by atoms with Gasteiger partial charge in [0.15, 0.2) is 5.82 Å². The standard InChI is InChI=1S/C12H15BrN4O/c1-6-10(13)16-9(5-14-6)17-11(18)7-3-12(2)4-8(12)15-7/h5,7-8,15H,3-4H2,1-2H3,(H,16,17,18). The molecule has 6 heteroatoms. The van der Waals surface area contributed by atoms with Gasteiger partial charge in [-0.3, -0.25) is 9.78 Å². The van der Waals surface area contributed by atoms with E-state index in [1.54, 1.807) is 6.20 Å². The summed E-state index contributed by atoms with van der Waals surface area (Å²) in [4.78, 5) is 20.4. The van der Waals surface area contributed by atoms with Gasteiger partial charge in [0.1, 0.15) is 4.60 Å². The average Bonchev–Trinajstić information content (AvgIpc) is 2.82. The van der Waals surface area contributed by atoms with Crippen LogP contribution in [-0.4, -0.2) is 28.0 Å².